The molecule has 1 aromatic carbocycles. The van der Waals surface area contributed by atoms with E-state index in [4.69, 9.17) is 25.7 Å². The Kier molecular flexibility index (Phi) is 5.97. The number of rotatable bonds is 6. The fourth-order valence-electron chi connectivity index (χ4n) is 6.75. The van der Waals surface area contributed by atoms with Gasteiger partial charge in [-0.25, -0.2) is 4.79 Å². The zero-order chi connectivity index (χ0) is 26.2. The standard InChI is InChI=1S/C27H37N3O6/c1-13(2)20(28)24(32)34-17-7-6-15-12-18-27(36-25(33)21(29)14(3)4)9-8-16(31)23-26(27,10-11-30(18)5)19(15)22(17)35-23/h6-7,13-14,18,20-21,23H,8-12,28-29H2,1-5H3/t18-,20+,21+,23+,26+,27-/m1/s1. The van der Waals surface area contributed by atoms with Crippen LogP contribution < -0.4 is 20.9 Å². The van der Waals surface area contributed by atoms with Gasteiger partial charge in [0.25, 0.3) is 0 Å². The number of ether oxygens (including phenoxy) is 3. The molecule has 9 heteroatoms. The summed E-state index contributed by atoms with van der Waals surface area (Å²) in [5.41, 5.74) is 12.3. The monoisotopic (exact) mass is 499 g/mol. The average Bonchev–Trinajstić information content (AvgIpc) is 3.19. The Morgan fingerprint density at radius 1 is 1.08 bits per heavy atom. The maximum absolute atomic E-state index is 13.4. The lowest BCUT2D eigenvalue weighted by molar-refractivity contribution is -0.215. The van der Waals surface area contributed by atoms with E-state index in [0.29, 0.717) is 31.6 Å². The first-order valence-electron chi connectivity index (χ1n) is 13.0. The first-order chi connectivity index (χ1) is 16.9. The van der Waals surface area contributed by atoms with Crippen molar-refractivity contribution in [2.45, 2.75) is 88.6 Å². The molecule has 1 aromatic rings. The SMILES string of the molecule is CC(C)[C@H](N)C(=O)Oc1ccc2c3c1O[C@H]1C(=O)CC[C@@]4(OC(=O)[C@@H](N)C(C)C)[C@@H](C2)N(C)CC[C@]314. The fourth-order valence-corrected chi connectivity index (χ4v) is 6.75. The molecule has 1 saturated carbocycles. The molecule has 6 atom stereocenters. The zero-order valence-electron chi connectivity index (χ0n) is 21.7. The molecule has 2 aliphatic carbocycles. The number of Topliss-reactive ketones (excluding diaryl/α,β-unsaturated/α-hetero) is 1. The first kappa shape index (κ1) is 25.2. The van der Waals surface area contributed by atoms with Gasteiger partial charge in [-0.1, -0.05) is 33.8 Å². The van der Waals surface area contributed by atoms with Crippen molar-refractivity contribution >= 4 is 17.7 Å². The third kappa shape index (κ3) is 3.28. The molecular weight excluding hydrogens is 462 g/mol. The number of nitrogens with two attached hydrogens (primary N) is 2. The number of carbonyl (C=O) groups excluding carboxylic acids is 3. The Morgan fingerprint density at radius 3 is 2.42 bits per heavy atom. The molecule has 0 unspecified atom stereocenters. The molecule has 2 heterocycles. The summed E-state index contributed by atoms with van der Waals surface area (Å²) in [6, 6.07) is 1.97. The van der Waals surface area contributed by atoms with E-state index in [1.165, 1.54) is 0 Å². The lowest BCUT2D eigenvalue weighted by Crippen LogP contribution is -2.77. The Morgan fingerprint density at radius 2 is 1.75 bits per heavy atom. The molecule has 9 nitrogen and oxygen atoms in total. The lowest BCUT2D eigenvalue weighted by atomic mass is 9.49. The van der Waals surface area contributed by atoms with Gasteiger partial charge in [-0.15, -0.1) is 0 Å². The maximum atomic E-state index is 13.4. The van der Waals surface area contributed by atoms with Crippen molar-refractivity contribution < 1.29 is 28.6 Å². The van der Waals surface area contributed by atoms with E-state index in [2.05, 4.69) is 4.90 Å². The third-order valence-corrected chi connectivity index (χ3v) is 8.94. The highest BCUT2D eigenvalue weighted by atomic mass is 16.6. The number of piperidine rings is 1. The van der Waals surface area contributed by atoms with E-state index in [9.17, 15) is 14.4 Å². The summed E-state index contributed by atoms with van der Waals surface area (Å²) in [6.07, 6.45) is 1.01. The number of benzene rings is 1. The predicted octanol–water partition coefficient (Wildman–Crippen LogP) is 1.46. The van der Waals surface area contributed by atoms with Crippen molar-refractivity contribution in [3.8, 4) is 11.5 Å². The van der Waals surface area contributed by atoms with Gasteiger partial charge in [0.2, 0.25) is 0 Å². The van der Waals surface area contributed by atoms with Crippen molar-refractivity contribution in [3.63, 3.8) is 0 Å². The number of esters is 2. The van der Waals surface area contributed by atoms with Crippen LogP contribution in [0.25, 0.3) is 0 Å². The second-order valence-electron chi connectivity index (χ2n) is 11.6. The van der Waals surface area contributed by atoms with Crippen LogP contribution in [0, 0.1) is 11.8 Å². The molecule has 36 heavy (non-hydrogen) atoms. The molecule has 0 aromatic heterocycles. The number of ketones is 1. The summed E-state index contributed by atoms with van der Waals surface area (Å²) in [6.45, 7) is 8.19. The molecule has 2 aliphatic heterocycles. The molecule has 2 bridgehead atoms. The smallest absolute Gasteiger partial charge is 0.328 e. The summed E-state index contributed by atoms with van der Waals surface area (Å²) >= 11 is 0. The Hall–Kier alpha value is -2.49. The molecule has 1 spiro atoms. The quantitative estimate of drug-likeness (QED) is 0.441. The topological polar surface area (TPSA) is 134 Å². The van der Waals surface area contributed by atoms with E-state index in [1.54, 1.807) is 6.07 Å². The highest BCUT2D eigenvalue weighted by molar-refractivity contribution is 5.91. The number of hydrogen-bond acceptors (Lipinski definition) is 9. The number of nitrogens with zero attached hydrogens (tertiary/aromatic N) is 1. The Bertz CT molecular complexity index is 1120. The van der Waals surface area contributed by atoms with Gasteiger partial charge < -0.3 is 25.7 Å². The molecule has 1 saturated heterocycles. The fraction of sp³-hybridized carbons (Fsp3) is 0.667. The normalized spacial score (nSPS) is 32.1. The van der Waals surface area contributed by atoms with Crippen LogP contribution in [0.1, 0.15) is 58.1 Å². The second kappa shape index (κ2) is 8.53. The minimum absolute atomic E-state index is 0.0293. The van der Waals surface area contributed by atoms with Gasteiger partial charge in [-0.3, -0.25) is 14.5 Å². The van der Waals surface area contributed by atoms with Crippen LogP contribution in [0.4, 0.5) is 0 Å². The zero-order valence-corrected chi connectivity index (χ0v) is 21.7. The van der Waals surface area contributed by atoms with E-state index in [1.807, 2.05) is 40.8 Å². The highest BCUT2D eigenvalue weighted by Crippen LogP contribution is 2.66. The Balaban J connectivity index is 1.66. The van der Waals surface area contributed by atoms with Crippen molar-refractivity contribution in [2.75, 3.05) is 13.6 Å². The number of likely N-dealkylation sites (tertiary alicyclic amines) is 1. The summed E-state index contributed by atoms with van der Waals surface area (Å²) in [5.74, 6) is -0.581. The van der Waals surface area contributed by atoms with Crippen molar-refractivity contribution in [3.05, 3.63) is 23.3 Å². The summed E-state index contributed by atoms with van der Waals surface area (Å²) in [5, 5.41) is 0. The van der Waals surface area contributed by atoms with Crippen LogP contribution in [0.5, 0.6) is 11.5 Å². The minimum atomic E-state index is -0.975. The lowest BCUT2D eigenvalue weighted by Gasteiger charge is -2.63. The first-order valence-corrected chi connectivity index (χ1v) is 13.0. The Labute approximate surface area is 211 Å². The van der Waals surface area contributed by atoms with Gasteiger partial charge >= 0.3 is 11.9 Å². The molecular formula is C27H37N3O6. The molecule has 5 rings (SSSR count). The largest absolute Gasteiger partial charge is 0.477 e. The molecule has 2 fully saturated rings. The average molecular weight is 500 g/mol. The number of likely N-dealkylation sites (N-methyl/N-ethyl adjacent to an activating group) is 1. The highest BCUT2D eigenvalue weighted by Gasteiger charge is 2.75. The van der Waals surface area contributed by atoms with Gasteiger partial charge in [0.05, 0.1) is 11.5 Å². The molecule has 196 valence electrons. The predicted molar refractivity (Wildman–Crippen MR) is 132 cm³/mol. The maximum Gasteiger partial charge on any atom is 0.328 e. The van der Waals surface area contributed by atoms with E-state index in [-0.39, 0.29) is 35.8 Å². The van der Waals surface area contributed by atoms with Gasteiger partial charge in [0.1, 0.15) is 17.7 Å². The molecule has 4 N–H and O–H groups in total. The molecule has 0 radical (unpaired) electrons. The number of carbonyl (C=O) groups is 3. The molecule has 4 aliphatic rings. The summed E-state index contributed by atoms with van der Waals surface area (Å²) in [7, 11) is 2.03. The van der Waals surface area contributed by atoms with Crippen molar-refractivity contribution in [1.82, 2.24) is 4.90 Å². The summed E-state index contributed by atoms with van der Waals surface area (Å²) in [4.78, 5) is 41.7. The minimum Gasteiger partial charge on any atom is -0.477 e. The third-order valence-electron chi connectivity index (χ3n) is 8.94. The van der Waals surface area contributed by atoms with Gasteiger partial charge in [-0.05, 0) is 56.3 Å². The van der Waals surface area contributed by atoms with Crippen molar-refractivity contribution in [2.24, 2.45) is 23.3 Å². The van der Waals surface area contributed by atoms with E-state index in [0.717, 1.165) is 11.1 Å². The van der Waals surface area contributed by atoms with Gasteiger partial charge in [0.15, 0.2) is 23.4 Å². The van der Waals surface area contributed by atoms with Crippen LogP contribution in [-0.2, 0) is 31.0 Å². The van der Waals surface area contributed by atoms with Crippen LogP contribution in [0.2, 0.25) is 0 Å². The van der Waals surface area contributed by atoms with Crippen molar-refractivity contribution in [1.29, 1.82) is 0 Å². The summed E-state index contributed by atoms with van der Waals surface area (Å²) < 4.78 is 18.6. The van der Waals surface area contributed by atoms with E-state index >= 15 is 0 Å². The van der Waals surface area contributed by atoms with Crippen LogP contribution in [-0.4, -0.2) is 66.0 Å². The van der Waals surface area contributed by atoms with E-state index < -0.39 is 41.1 Å². The van der Waals surface area contributed by atoms with Crippen LogP contribution in [0.3, 0.4) is 0 Å². The second-order valence-corrected chi connectivity index (χ2v) is 11.6. The van der Waals surface area contributed by atoms with Gasteiger partial charge in [-0.2, -0.15) is 0 Å². The van der Waals surface area contributed by atoms with Crippen LogP contribution in [0.15, 0.2) is 12.1 Å². The number of hydrogen-bond donors (Lipinski definition) is 2. The van der Waals surface area contributed by atoms with Crippen LogP contribution >= 0.6 is 0 Å². The van der Waals surface area contributed by atoms with Gasteiger partial charge in [0, 0.05) is 12.0 Å². The molecule has 0 amide bonds.